The average Bonchev–Trinajstić information content (AvgIpc) is 2.54. The van der Waals surface area contributed by atoms with E-state index in [1.807, 2.05) is 18.7 Å². The highest BCUT2D eigenvalue weighted by molar-refractivity contribution is 7.86. The first-order chi connectivity index (χ1) is 11.4. The molecule has 1 aromatic carbocycles. The predicted octanol–water partition coefficient (Wildman–Crippen LogP) is 1.30. The van der Waals surface area contributed by atoms with Gasteiger partial charge in [-0.25, -0.2) is 4.39 Å². The average molecular weight is 357 g/mol. The van der Waals surface area contributed by atoms with Crippen LogP contribution in [0.5, 0.6) is 0 Å². The van der Waals surface area contributed by atoms with Gasteiger partial charge in [0.05, 0.1) is 17.9 Å². The van der Waals surface area contributed by atoms with Crippen LogP contribution in [0.4, 0.5) is 10.1 Å². The fraction of sp³-hybridized carbons (Fsp3) is 0.625. The number of hydrogen-bond acceptors (Lipinski definition) is 4. The lowest BCUT2D eigenvalue weighted by molar-refractivity contribution is -0.0455. The van der Waals surface area contributed by atoms with E-state index in [2.05, 4.69) is 0 Å². The van der Waals surface area contributed by atoms with Crippen molar-refractivity contribution in [2.45, 2.75) is 26.1 Å². The van der Waals surface area contributed by atoms with Crippen LogP contribution in [0.3, 0.4) is 0 Å². The molecule has 2 heterocycles. The van der Waals surface area contributed by atoms with Crippen LogP contribution >= 0.6 is 0 Å². The third-order valence-corrected chi connectivity index (χ3v) is 6.44. The highest BCUT2D eigenvalue weighted by atomic mass is 32.2. The molecule has 8 heteroatoms. The Morgan fingerprint density at radius 1 is 1.00 bits per heavy atom. The highest BCUT2D eigenvalue weighted by Gasteiger charge is 2.36. The lowest BCUT2D eigenvalue weighted by atomic mass is 10.2. The zero-order valence-corrected chi connectivity index (χ0v) is 14.9. The molecule has 2 fully saturated rings. The van der Waals surface area contributed by atoms with E-state index in [0.717, 1.165) is 0 Å². The molecule has 2 unspecified atom stereocenters. The Bertz CT molecular complexity index is 667. The van der Waals surface area contributed by atoms with Gasteiger partial charge in [0.25, 0.3) is 10.2 Å². The van der Waals surface area contributed by atoms with E-state index in [1.165, 1.54) is 14.7 Å². The minimum atomic E-state index is -3.50. The molecule has 134 valence electrons. The summed E-state index contributed by atoms with van der Waals surface area (Å²) in [5.41, 5.74) is 0.531. The zero-order valence-electron chi connectivity index (χ0n) is 14.1. The summed E-state index contributed by atoms with van der Waals surface area (Å²) in [5.74, 6) is -0.273. The zero-order chi connectivity index (χ0) is 17.3. The van der Waals surface area contributed by atoms with Gasteiger partial charge in [0.1, 0.15) is 5.82 Å². The molecule has 6 nitrogen and oxygen atoms in total. The maximum atomic E-state index is 13.9. The van der Waals surface area contributed by atoms with E-state index >= 15 is 0 Å². The first kappa shape index (κ1) is 17.6. The molecule has 0 aromatic heterocycles. The lowest BCUT2D eigenvalue weighted by Crippen LogP contribution is -2.57. The molecule has 2 saturated heterocycles. The number of anilines is 1. The van der Waals surface area contributed by atoms with Crippen molar-refractivity contribution in [1.82, 2.24) is 8.61 Å². The molecule has 3 rings (SSSR count). The topological polar surface area (TPSA) is 53.1 Å². The number of halogens is 1. The molecule has 0 bridgehead atoms. The number of nitrogens with zero attached hydrogens (tertiary/aromatic N) is 3. The van der Waals surface area contributed by atoms with Gasteiger partial charge in [-0.05, 0) is 26.0 Å². The van der Waals surface area contributed by atoms with Crippen LogP contribution in [0.15, 0.2) is 24.3 Å². The molecule has 1 aromatic rings. The van der Waals surface area contributed by atoms with Gasteiger partial charge >= 0.3 is 0 Å². The fourth-order valence-corrected chi connectivity index (χ4v) is 5.10. The van der Waals surface area contributed by atoms with Crippen molar-refractivity contribution in [3.05, 3.63) is 30.1 Å². The summed E-state index contributed by atoms with van der Waals surface area (Å²) in [4.78, 5) is 1.89. The largest absolute Gasteiger partial charge is 0.373 e. The van der Waals surface area contributed by atoms with E-state index in [1.54, 1.807) is 18.2 Å². The molecule has 0 saturated carbocycles. The van der Waals surface area contributed by atoms with Gasteiger partial charge in [-0.15, -0.1) is 0 Å². The molecule has 0 spiro atoms. The molecule has 0 N–H and O–H groups in total. The number of morpholine rings is 1. The van der Waals surface area contributed by atoms with Gasteiger partial charge in [0, 0.05) is 39.3 Å². The Kier molecular flexibility index (Phi) is 5.10. The summed E-state index contributed by atoms with van der Waals surface area (Å²) in [6, 6.07) is 6.60. The number of rotatable bonds is 3. The normalized spacial score (nSPS) is 27.4. The predicted molar refractivity (Wildman–Crippen MR) is 90.7 cm³/mol. The van der Waals surface area contributed by atoms with E-state index < -0.39 is 10.2 Å². The Morgan fingerprint density at radius 3 is 2.17 bits per heavy atom. The molecule has 2 aliphatic rings. The fourth-order valence-electron chi connectivity index (χ4n) is 3.35. The van der Waals surface area contributed by atoms with Crippen LogP contribution in [0.25, 0.3) is 0 Å². The lowest BCUT2D eigenvalue weighted by Gasteiger charge is -2.40. The second kappa shape index (κ2) is 6.95. The third-order valence-electron chi connectivity index (χ3n) is 4.47. The van der Waals surface area contributed by atoms with Crippen LogP contribution in [-0.2, 0) is 14.9 Å². The number of hydrogen-bond donors (Lipinski definition) is 0. The monoisotopic (exact) mass is 357 g/mol. The quantitative estimate of drug-likeness (QED) is 0.818. The maximum absolute atomic E-state index is 13.9. The number of piperazine rings is 1. The van der Waals surface area contributed by atoms with Crippen molar-refractivity contribution in [2.75, 3.05) is 44.2 Å². The smallest absolute Gasteiger partial charge is 0.282 e. The second-order valence-corrected chi connectivity index (χ2v) is 8.35. The van der Waals surface area contributed by atoms with Gasteiger partial charge in [0.2, 0.25) is 0 Å². The van der Waals surface area contributed by atoms with Crippen molar-refractivity contribution < 1.29 is 17.5 Å². The summed E-state index contributed by atoms with van der Waals surface area (Å²) >= 11 is 0. The maximum Gasteiger partial charge on any atom is 0.282 e. The summed E-state index contributed by atoms with van der Waals surface area (Å²) < 4.78 is 48.2. The van der Waals surface area contributed by atoms with Gasteiger partial charge in [-0.2, -0.15) is 17.0 Å². The Labute approximate surface area is 143 Å². The van der Waals surface area contributed by atoms with Gasteiger partial charge < -0.3 is 9.64 Å². The Morgan fingerprint density at radius 2 is 1.58 bits per heavy atom. The Hall–Kier alpha value is -1.22. The van der Waals surface area contributed by atoms with Gasteiger partial charge in [-0.1, -0.05) is 12.1 Å². The summed E-state index contributed by atoms with van der Waals surface area (Å²) in [7, 11) is -3.50. The van der Waals surface area contributed by atoms with Crippen molar-refractivity contribution in [2.24, 2.45) is 0 Å². The van der Waals surface area contributed by atoms with E-state index in [4.69, 9.17) is 4.74 Å². The van der Waals surface area contributed by atoms with Gasteiger partial charge in [0.15, 0.2) is 0 Å². The highest BCUT2D eigenvalue weighted by Crippen LogP contribution is 2.23. The van der Waals surface area contributed by atoms with Crippen molar-refractivity contribution in [1.29, 1.82) is 0 Å². The molecule has 0 aliphatic carbocycles. The number of benzene rings is 1. The Balaban J connectivity index is 1.66. The molecule has 2 aliphatic heterocycles. The van der Waals surface area contributed by atoms with Crippen LogP contribution in [0.2, 0.25) is 0 Å². The van der Waals surface area contributed by atoms with Crippen LogP contribution in [-0.4, -0.2) is 68.5 Å². The summed E-state index contributed by atoms with van der Waals surface area (Å²) in [5, 5.41) is 0. The molecule has 0 amide bonds. The first-order valence-corrected chi connectivity index (χ1v) is 9.68. The van der Waals surface area contributed by atoms with Crippen LogP contribution in [0, 0.1) is 5.82 Å². The first-order valence-electron chi connectivity index (χ1n) is 8.28. The van der Waals surface area contributed by atoms with E-state index in [-0.39, 0.29) is 18.0 Å². The van der Waals surface area contributed by atoms with Crippen molar-refractivity contribution in [3.8, 4) is 0 Å². The minimum absolute atomic E-state index is 0.108. The molecule has 0 radical (unpaired) electrons. The minimum Gasteiger partial charge on any atom is -0.373 e. The summed E-state index contributed by atoms with van der Waals surface area (Å²) in [6.45, 7) is 6.20. The number of para-hydroxylation sites is 1. The number of ether oxygens (including phenoxy) is 1. The van der Waals surface area contributed by atoms with Gasteiger partial charge in [-0.3, -0.25) is 0 Å². The van der Waals surface area contributed by atoms with Crippen LogP contribution in [0.1, 0.15) is 13.8 Å². The van der Waals surface area contributed by atoms with Crippen molar-refractivity contribution >= 4 is 15.9 Å². The third kappa shape index (κ3) is 3.56. The SMILES string of the molecule is CC1CN(S(=O)(=O)N2CCN(c3ccccc3F)CC2)CC(C)O1. The second-order valence-electron chi connectivity index (χ2n) is 6.42. The molecule has 2 atom stereocenters. The molecule has 24 heavy (non-hydrogen) atoms. The summed E-state index contributed by atoms with van der Waals surface area (Å²) in [6.07, 6.45) is -0.216. The van der Waals surface area contributed by atoms with Crippen molar-refractivity contribution in [3.63, 3.8) is 0 Å². The standard InChI is InChI=1S/C16H24FN3O3S/c1-13-11-20(12-14(2)23-13)24(21,22)19-9-7-18(8-10-19)16-6-4-3-5-15(16)17/h3-6,13-14H,7-12H2,1-2H3. The van der Waals surface area contributed by atoms with E-state index in [9.17, 15) is 12.8 Å². The van der Waals surface area contributed by atoms with E-state index in [0.29, 0.717) is 45.0 Å². The van der Waals surface area contributed by atoms with Crippen LogP contribution < -0.4 is 4.90 Å². The molecular formula is C16H24FN3O3S. The molecular weight excluding hydrogens is 333 g/mol.